The maximum atomic E-state index is 12.6. The number of rotatable bonds is 4. The van der Waals surface area contributed by atoms with Gasteiger partial charge in [-0.15, -0.1) is 0 Å². The van der Waals surface area contributed by atoms with Crippen molar-refractivity contribution >= 4 is 23.3 Å². The van der Waals surface area contributed by atoms with Crippen molar-refractivity contribution in [2.75, 3.05) is 7.11 Å². The highest BCUT2D eigenvalue weighted by atomic mass is 32.1. The summed E-state index contributed by atoms with van der Waals surface area (Å²) >= 11 is 5.38. The molecule has 0 amide bonds. The molecule has 0 radical (unpaired) electrons. The molecular formula is C23H22N4O2S. The number of carbonyl (C=O) groups excluding carboxylic acids is 1. The summed E-state index contributed by atoms with van der Waals surface area (Å²) < 4.78 is 6.87. The highest BCUT2D eigenvalue weighted by Crippen LogP contribution is 2.35. The van der Waals surface area contributed by atoms with Crippen LogP contribution in [0.1, 0.15) is 24.1 Å². The molecular weight excluding hydrogens is 396 g/mol. The number of benzene rings is 2. The molecule has 152 valence electrons. The Morgan fingerprint density at radius 2 is 1.80 bits per heavy atom. The predicted octanol–water partition coefficient (Wildman–Crippen LogP) is 3.81. The Bertz CT molecular complexity index is 1130. The van der Waals surface area contributed by atoms with E-state index in [2.05, 4.69) is 10.6 Å². The van der Waals surface area contributed by atoms with Crippen molar-refractivity contribution in [3.63, 3.8) is 0 Å². The zero-order valence-corrected chi connectivity index (χ0v) is 17.8. The Hall–Kier alpha value is -3.45. The van der Waals surface area contributed by atoms with Crippen molar-refractivity contribution < 1.29 is 9.53 Å². The minimum absolute atomic E-state index is 0.415. The third-order valence-corrected chi connectivity index (χ3v) is 5.29. The molecule has 2 N–H and O–H groups in total. The molecule has 0 saturated heterocycles. The molecule has 0 unspecified atom stereocenters. The van der Waals surface area contributed by atoms with Gasteiger partial charge in [0.25, 0.3) is 0 Å². The first kappa shape index (κ1) is 19.8. The number of hydrogen-bond acceptors (Lipinski definition) is 4. The molecule has 2 heterocycles. The lowest BCUT2D eigenvalue weighted by atomic mass is 9.93. The number of hydrogen-bond donors (Lipinski definition) is 2. The van der Waals surface area contributed by atoms with Crippen LogP contribution in [0.2, 0.25) is 0 Å². The van der Waals surface area contributed by atoms with Gasteiger partial charge in [-0.1, -0.05) is 48.0 Å². The summed E-state index contributed by atoms with van der Waals surface area (Å²) in [5, 5.41) is 11.6. The zero-order chi connectivity index (χ0) is 21.3. The summed E-state index contributed by atoms with van der Waals surface area (Å²) in [7, 11) is 1.38. The SMILES string of the molecule is COC(=O)C1=C(C)NC(=S)N[C@@H]1c1cn(-c2ccccc2)nc1-c1ccc(C)cc1. The van der Waals surface area contributed by atoms with E-state index >= 15 is 0 Å². The van der Waals surface area contributed by atoms with Gasteiger partial charge in [-0.2, -0.15) is 5.10 Å². The van der Waals surface area contributed by atoms with E-state index in [1.807, 2.05) is 79.3 Å². The van der Waals surface area contributed by atoms with Crippen LogP contribution in [0, 0.1) is 6.92 Å². The van der Waals surface area contributed by atoms with E-state index in [9.17, 15) is 4.79 Å². The summed E-state index contributed by atoms with van der Waals surface area (Å²) in [6, 6.07) is 17.5. The molecule has 1 atom stereocenters. The molecule has 6 nitrogen and oxygen atoms in total. The number of ether oxygens (including phenoxy) is 1. The van der Waals surface area contributed by atoms with Crippen LogP contribution in [0.5, 0.6) is 0 Å². The van der Waals surface area contributed by atoms with Gasteiger partial charge in [0.1, 0.15) is 0 Å². The number of methoxy groups -OCH3 is 1. The lowest BCUT2D eigenvalue weighted by Gasteiger charge is -2.29. The fourth-order valence-electron chi connectivity index (χ4n) is 3.55. The first-order valence-corrected chi connectivity index (χ1v) is 9.97. The van der Waals surface area contributed by atoms with Gasteiger partial charge in [0.05, 0.1) is 30.1 Å². The van der Waals surface area contributed by atoms with Crippen LogP contribution in [0.25, 0.3) is 16.9 Å². The number of thiocarbonyl (C=S) groups is 1. The standard InChI is InChI=1S/C23H22N4O2S/c1-14-9-11-16(12-10-14)20-18(13-27(26-20)17-7-5-4-6-8-17)21-19(22(28)29-3)15(2)24-23(30)25-21/h4-13,21H,1-3H3,(H2,24,25,30)/t21-/m1/s1. The Labute approximate surface area is 180 Å². The quantitative estimate of drug-likeness (QED) is 0.496. The second-order valence-corrected chi connectivity index (χ2v) is 7.55. The van der Waals surface area contributed by atoms with Crippen molar-refractivity contribution in [3.05, 3.63) is 83.2 Å². The molecule has 7 heteroatoms. The number of nitrogens with zero attached hydrogens (tertiary/aromatic N) is 2. The summed E-state index contributed by atoms with van der Waals surface area (Å²) in [6.07, 6.45) is 1.94. The Morgan fingerprint density at radius 3 is 2.47 bits per heavy atom. The van der Waals surface area contributed by atoms with Crippen LogP contribution in [0.4, 0.5) is 0 Å². The second-order valence-electron chi connectivity index (χ2n) is 7.14. The lowest BCUT2D eigenvalue weighted by Crippen LogP contribution is -2.45. The van der Waals surface area contributed by atoms with Gasteiger partial charge >= 0.3 is 5.97 Å². The van der Waals surface area contributed by atoms with Crippen LogP contribution >= 0.6 is 12.2 Å². The van der Waals surface area contributed by atoms with E-state index in [0.717, 1.165) is 28.1 Å². The number of aryl methyl sites for hydroxylation is 1. The molecule has 0 fully saturated rings. The Kier molecular flexibility index (Phi) is 5.37. The van der Waals surface area contributed by atoms with E-state index < -0.39 is 12.0 Å². The van der Waals surface area contributed by atoms with Gasteiger partial charge in [-0.25, -0.2) is 9.48 Å². The largest absolute Gasteiger partial charge is 0.466 e. The van der Waals surface area contributed by atoms with Gasteiger partial charge in [0.2, 0.25) is 0 Å². The number of esters is 1. The fraction of sp³-hybridized carbons (Fsp3) is 0.174. The maximum Gasteiger partial charge on any atom is 0.337 e. The van der Waals surface area contributed by atoms with Crippen molar-refractivity contribution in [1.82, 2.24) is 20.4 Å². The van der Waals surface area contributed by atoms with Crippen LogP contribution in [0.15, 0.2) is 72.1 Å². The number of para-hydroxylation sites is 1. The predicted molar refractivity (Wildman–Crippen MR) is 120 cm³/mol. The van der Waals surface area contributed by atoms with Crippen LogP contribution in [-0.2, 0) is 9.53 Å². The summed E-state index contributed by atoms with van der Waals surface area (Å²) in [4.78, 5) is 12.6. The normalized spacial score (nSPS) is 16.1. The minimum Gasteiger partial charge on any atom is -0.466 e. The average Bonchev–Trinajstić information content (AvgIpc) is 3.19. The molecule has 0 aliphatic carbocycles. The monoisotopic (exact) mass is 418 g/mol. The van der Waals surface area contributed by atoms with Crippen LogP contribution < -0.4 is 10.6 Å². The average molecular weight is 419 g/mol. The molecule has 3 aromatic rings. The van der Waals surface area contributed by atoms with Crippen molar-refractivity contribution in [1.29, 1.82) is 0 Å². The summed E-state index contributed by atoms with van der Waals surface area (Å²) in [5.41, 5.74) is 5.80. The first-order chi connectivity index (χ1) is 14.5. The Morgan fingerprint density at radius 1 is 1.10 bits per heavy atom. The number of carbonyl (C=O) groups is 1. The molecule has 30 heavy (non-hydrogen) atoms. The summed E-state index contributed by atoms with van der Waals surface area (Å²) in [5.74, 6) is -0.415. The molecule has 0 bridgehead atoms. The molecule has 0 spiro atoms. The van der Waals surface area contributed by atoms with E-state index in [-0.39, 0.29) is 0 Å². The van der Waals surface area contributed by atoms with Crippen LogP contribution in [-0.4, -0.2) is 28.0 Å². The molecule has 2 aromatic carbocycles. The first-order valence-electron chi connectivity index (χ1n) is 9.56. The van der Waals surface area contributed by atoms with Gasteiger partial charge in [0, 0.05) is 23.0 Å². The zero-order valence-electron chi connectivity index (χ0n) is 17.0. The summed E-state index contributed by atoms with van der Waals surface area (Å²) in [6.45, 7) is 3.86. The molecule has 4 rings (SSSR count). The Balaban J connectivity index is 1.92. The highest BCUT2D eigenvalue weighted by molar-refractivity contribution is 7.80. The number of allylic oxidation sites excluding steroid dienone is 1. The van der Waals surface area contributed by atoms with Gasteiger partial charge < -0.3 is 15.4 Å². The second kappa shape index (κ2) is 8.12. The highest BCUT2D eigenvalue weighted by Gasteiger charge is 2.33. The smallest absolute Gasteiger partial charge is 0.337 e. The molecule has 1 aliphatic heterocycles. The van der Waals surface area contributed by atoms with E-state index in [0.29, 0.717) is 16.4 Å². The van der Waals surface area contributed by atoms with E-state index in [4.69, 9.17) is 22.1 Å². The third-order valence-electron chi connectivity index (χ3n) is 5.07. The maximum absolute atomic E-state index is 12.6. The molecule has 0 saturated carbocycles. The van der Waals surface area contributed by atoms with Crippen molar-refractivity contribution in [3.8, 4) is 16.9 Å². The fourth-order valence-corrected chi connectivity index (χ4v) is 3.83. The molecule has 1 aliphatic rings. The van der Waals surface area contributed by atoms with Crippen LogP contribution in [0.3, 0.4) is 0 Å². The van der Waals surface area contributed by atoms with Gasteiger partial charge in [-0.05, 0) is 38.2 Å². The van der Waals surface area contributed by atoms with Gasteiger partial charge in [0.15, 0.2) is 5.11 Å². The lowest BCUT2D eigenvalue weighted by molar-refractivity contribution is -0.136. The van der Waals surface area contributed by atoms with Gasteiger partial charge in [-0.3, -0.25) is 0 Å². The number of aromatic nitrogens is 2. The van der Waals surface area contributed by atoms with Crippen molar-refractivity contribution in [2.45, 2.75) is 19.9 Å². The van der Waals surface area contributed by atoms with E-state index in [1.54, 1.807) is 0 Å². The number of nitrogens with one attached hydrogen (secondary N) is 2. The van der Waals surface area contributed by atoms with E-state index in [1.165, 1.54) is 7.11 Å². The molecule has 1 aromatic heterocycles. The third kappa shape index (κ3) is 3.71. The minimum atomic E-state index is -0.486. The topological polar surface area (TPSA) is 68.2 Å². The van der Waals surface area contributed by atoms with Crippen molar-refractivity contribution in [2.24, 2.45) is 0 Å².